The van der Waals surface area contributed by atoms with Gasteiger partial charge in [0.15, 0.2) is 11.5 Å². The number of ether oxygens (including phenoxy) is 3. The number of carbonyl (C=O) groups is 1. The van der Waals surface area contributed by atoms with Crippen molar-refractivity contribution in [2.75, 3.05) is 33.6 Å². The smallest absolute Gasteiger partial charge is 0.231 e. The average molecular weight is 294 g/mol. The first-order valence-electron chi connectivity index (χ1n) is 7.02. The third kappa shape index (κ3) is 3.86. The first kappa shape index (κ1) is 15.6. The zero-order chi connectivity index (χ0) is 15.2. The van der Waals surface area contributed by atoms with Crippen LogP contribution in [0.3, 0.4) is 0 Å². The Morgan fingerprint density at radius 3 is 2.90 bits per heavy atom. The van der Waals surface area contributed by atoms with E-state index in [2.05, 4.69) is 0 Å². The number of methoxy groups -OCH3 is 1. The van der Waals surface area contributed by atoms with Crippen LogP contribution in [0.25, 0.3) is 0 Å². The lowest BCUT2D eigenvalue weighted by atomic mass is 10.1. The Bertz CT molecular complexity index is 493. The summed E-state index contributed by atoms with van der Waals surface area (Å²) in [5.74, 6) is 1.30. The van der Waals surface area contributed by atoms with Crippen molar-refractivity contribution in [1.82, 2.24) is 4.90 Å². The predicted molar refractivity (Wildman–Crippen MR) is 78.1 cm³/mol. The Morgan fingerprint density at radius 2 is 2.19 bits per heavy atom. The number of benzene rings is 1. The summed E-state index contributed by atoms with van der Waals surface area (Å²) < 4.78 is 15.7. The monoisotopic (exact) mass is 294 g/mol. The topological polar surface area (TPSA) is 74.0 Å². The highest BCUT2D eigenvalue weighted by molar-refractivity contribution is 5.78. The van der Waals surface area contributed by atoms with Gasteiger partial charge < -0.3 is 24.8 Å². The van der Waals surface area contributed by atoms with Crippen LogP contribution in [0.4, 0.5) is 0 Å². The summed E-state index contributed by atoms with van der Waals surface area (Å²) in [6, 6.07) is 5.71. The molecule has 2 N–H and O–H groups in total. The number of hydrogen-bond acceptors (Lipinski definition) is 5. The Hall–Kier alpha value is -1.79. The largest absolute Gasteiger partial charge is 0.454 e. The maximum Gasteiger partial charge on any atom is 0.231 e. The van der Waals surface area contributed by atoms with Gasteiger partial charge in [0.05, 0.1) is 6.61 Å². The number of fused-ring (bicyclic) bond motifs is 1. The lowest BCUT2D eigenvalue weighted by Crippen LogP contribution is -2.39. The Morgan fingerprint density at radius 1 is 1.43 bits per heavy atom. The van der Waals surface area contributed by atoms with Gasteiger partial charge in [0, 0.05) is 32.7 Å². The van der Waals surface area contributed by atoms with Gasteiger partial charge in [-0.3, -0.25) is 4.79 Å². The molecule has 0 saturated carbocycles. The summed E-state index contributed by atoms with van der Waals surface area (Å²) in [6.45, 7) is 3.95. The summed E-state index contributed by atoms with van der Waals surface area (Å²) in [6.07, 6.45) is 0. The van der Waals surface area contributed by atoms with Crippen LogP contribution in [0.15, 0.2) is 18.2 Å². The molecule has 0 aromatic heterocycles. The van der Waals surface area contributed by atoms with Gasteiger partial charge in [-0.15, -0.1) is 0 Å². The van der Waals surface area contributed by atoms with Gasteiger partial charge in [0.1, 0.15) is 0 Å². The van der Waals surface area contributed by atoms with Crippen LogP contribution in [-0.4, -0.2) is 44.4 Å². The fraction of sp³-hybridized carbons (Fsp3) is 0.533. The molecule has 0 fully saturated rings. The molecule has 0 spiro atoms. The van der Waals surface area contributed by atoms with E-state index < -0.39 is 0 Å². The van der Waals surface area contributed by atoms with Crippen molar-refractivity contribution in [2.24, 2.45) is 11.7 Å². The lowest BCUT2D eigenvalue weighted by molar-refractivity contribution is -0.136. The number of nitrogens with two attached hydrogens (primary N) is 1. The van der Waals surface area contributed by atoms with Crippen LogP contribution in [0.5, 0.6) is 11.5 Å². The zero-order valence-electron chi connectivity index (χ0n) is 12.5. The van der Waals surface area contributed by atoms with Crippen LogP contribution in [0.1, 0.15) is 12.5 Å². The molecule has 0 aliphatic carbocycles. The SMILES string of the molecule is COCCN(Cc1ccc2c(c1)OCO2)C(=O)C(C)CN. The van der Waals surface area contributed by atoms with E-state index in [1.54, 1.807) is 12.0 Å². The van der Waals surface area contributed by atoms with Crippen molar-refractivity contribution < 1.29 is 19.0 Å². The molecule has 2 rings (SSSR count). The second kappa shape index (κ2) is 7.28. The number of amides is 1. The molecule has 21 heavy (non-hydrogen) atoms. The molecule has 1 amide bonds. The van der Waals surface area contributed by atoms with E-state index in [0.717, 1.165) is 17.1 Å². The molecule has 1 atom stereocenters. The highest BCUT2D eigenvalue weighted by Crippen LogP contribution is 2.32. The zero-order valence-corrected chi connectivity index (χ0v) is 12.5. The van der Waals surface area contributed by atoms with E-state index in [0.29, 0.717) is 26.2 Å². The van der Waals surface area contributed by atoms with Crippen molar-refractivity contribution >= 4 is 5.91 Å². The number of hydrogen-bond donors (Lipinski definition) is 1. The first-order chi connectivity index (χ1) is 10.2. The van der Waals surface area contributed by atoms with E-state index >= 15 is 0 Å². The molecule has 1 aliphatic heterocycles. The molecule has 0 radical (unpaired) electrons. The summed E-state index contributed by atoms with van der Waals surface area (Å²) in [7, 11) is 1.62. The summed E-state index contributed by atoms with van der Waals surface area (Å²) in [4.78, 5) is 14.1. The molecule has 116 valence electrons. The van der Waals surface area contributed by atoms with E-state index in [1.165, 1.54) is 0 Å². The lowest BCUT2D eigenvalue weighted by Gasteiger charge is -2.25. The summed E-state index contributed by atoms with van der Waals surface area (Å²) in [5.41, 5.74) is 6.58. The maximum absolute atomic E-state index is 12.4. The van der Waals surface area contributed by atoms with Gasteiger partial charge in [-0.05, 0) is 17.7 Å². The molecular formula is C15H22N2O4. The molecule has 1 aromatic carbocycles. The van der Waals surface area contributed by atoms with Crippen LogP contribution in [0.2, 0.25) is 0 Å². The molecule has 1 aromatic rings. The minimum atomic E-state index is -0.198. The maximum atomic E-state index is 12.4. The molecule has 0 bridgehead atoms. The standard InChI is InChI=1S/C15H22N2O4/c1-11(8-16)15(18)17(5-6-19-2)9-12-3-4-13-14(7-12)21-10-20-13/h3-4,7,11H,5-6,8-10,16H2,1-2H3. The highest BCUT2D eigenvalue weighted by atomic mass is 16.7. The average Bonchev–Trinajstić information content (AvgIpc) is 2.97. The van der Waals surface area contributed by atoms with Crippen LogP contribution in [-0.2, 0) is 16.1 Å². The quantitative estimate of drug-likeness (QED) is 0.811. The van der Waals surface area contributed by atoms with Gasteiger partial charge in [-0.2, -0.15) is 0 Å². The van der Waals surface area contributed by atoms with Crippen molar-refractivity contribution in [3.8, 4) is 11.5 Å². The summed E-state index contributed by atoms with van der Waals surface area (Å²) >= 11 is 0. The van der Waals surface area contributed by atoms with Gasteiger partial charge in [-0.1, -0.05) is 13.0 Å². The second-order valence-corrected chi connectivity index (χ2v) is 5.08. The number of rotatable bonds is 7. The molecule has 1 aliphatic rings. The minimum absolute atomic E-state index is 0.0345. The minimum Gasteiger partial charge on any atom is -0.454 e. The van der Waals surface area contributed by atoms with Crippen molar-refractivity contribution in [3.05, 3.63) is 23.8 Å². The van der Waals surface area contributed by atoms with Gasteiger partial charge >= 0.3 is 0 Å². The van der Waals surface area contributed by atoms with Crippen molar-refractivity contribution in [3.63, 3.8) is 0 Å². The van der Waals surface area contributed by atoms with Gasteiger partial charge in [0.25, 0.3) is 0 Å². The van der Waals surface area contributed by atoms with Gasteiger partial charge in [0.2, 0.25) is 12.7 Å². The van der Waals surface area contributed by atoms with E-state index in [1.807, 2.05) is 25.1 Å². The van der Waals surface area contributed by atoms with Crippen molar-refractivity contribution in [2.45, 2.75) is 13.5 Å². The fourth-order valence-electron chi connectivity index (χ4n) is 2.14. The predicted octanol–water partition coefficient (Wildman–Crippen LogP) is 0.985. The van der Waals surface area contributed by atoms with E-state index in [4.69, 9.17) is 19.9 Å². The Labute approximate surface area is 124 Å². The van der Waals surface area contributed by atoms with Crippen LogP contribution >= 0.6 is 0 Å². The van der Waals surface area contributed by atoms with Crippen LogP contribution < -0.4 is 15.2 Å². The fourth-order valence-corrected chi connectivity index (χ4v) is 2.14. The molecule has 1 unspecified atom stereocenters. The molecule has 6 heteroatoms. The Balaban J connectivity index is 2.08. The normalized spacial score (nSPS) is 14.0. The molecular weight excluding hydrogens is 272 g/mol. The number of nitrogens with zero attached hydrogens (tertiary/aromatic N) is 1. The number of carbonyl (C=O) groups excluding carboxylic acids is 1. The summed E-state index contributed by atoms with van der Waals surface area (Å²) in [5, 5.41) is 0. The molecule has 6 nitrogen and oxygen atoms in total. The second-order valence-electron chi connectivity index (χ2n) is 5.08. The van der Waals surface area contributed by atoms with Gasteiger partial charge in [-0.25, -0.2) is 0 Å². The molecule has 1 heterocycles. The Kier molecular flexibility index (Phi) is 5.41. The van der Waals surface area contributed by atoms with Crippen LogP contribution in [0, 0.1) is 5.92 Å². The first-order valence-corrected chi connectivity index (χ1v) is 7.02. The highest BCUT2D eigenvalue weighted by Gasteiger charge is 2.21. The van der Waals surface area contributed by atoms with E-state index in [-0.39, 0.29) is 18.6 Å². The third-order valence-electron chi connectivity index (χ3n) is 3.46. The molecule has 0 saturated heterocycles. The van der Waals surface area contributed by atoms with E-state index in [9.17, 15) is 4.79 Å². The van der Waals surface area contributed by atoms with Crippen molar-refractivity contribution in [1.29, 1.82) is 0 Å². The third-order valence-corrected chi connectivity index (χ3v) is 3.46.